The fourth-order valence-electron chi connectivity index (χ4n) is 2.10. The van der Waals surface area contributed by atoms with Gasteiger partial charge in [-0.2, -0.15) is 0 Å². The van der Waals surface area contributed by atoms with Crippen LogP contribution in [0.1, 0.15) is 22.8 Å². The second-order valence-electron chi connectivity index (χ2n) is 4.51. The van der Waals surface area contributed by atoms with Crippen LogP contribution in [-0.2, 0) is 6.54 Å². The van der Waals surface area contributed by atoms with Crippen molar-refractivity contribution in [3.05, 3.63) is 53.9 Å². The van der Waals surface area contributed by atoms with Crippen molar-refractivity contribution < 1.29 is 4.79 Å². The fraction of sp³-hybridized carbons (Fsp3) is 0.200. The molecule has 1 heterocycles. The summed E-state index contributed by atoms with van der Waals surface area (Å²) < 4.78 is 0. The van der Waals surface area contributed by atoms with Gasteiger partial charge in [0.05, 0.1) is 5.56 Å². The number of hydrogen-bond donors (Lipinski definition) is 2. The number of hydrogen-bond acceptors (Lipinski definition) is 4. The summed E-state index contributed by atoms with van der Waals surface area (Å²) in [5.41, 5.74) is 14.1. The molecule has 1 aromatic heterocycles. The topological polar surface area (TPSA) is 85.2 Å². The van der Waals surface area contributed by atoms with E-state index in [4.69, 9.17) is 11.5 Å². The van der Waals surface area contributed by atoms with Gasteiger partial charge in [-0.25, -0.2) is 0 Å². The van der Waals surface area contributed by atoms with E-state index in [0.29, 0.717) is 17.8 Å². The molecule has 2 rings (SSSR count). The number of primary amides is 1. The van der Waals surface area contributed by atoms with Crippen molar-refractivity contribution in [2.75, 3.05) is 17.2 Å². The first kappa shape index (κ1) is 13.9. The molecule has 20 heavy (non-hydrogen) atoms. The lowest BCUT2D eigenvalue weighted by atomic mass is 10.1. The van der Waals surface area contributed by atoms with Crippen LogP contribution in [0.15, 0.2) is 42.7 Å². The van der Waals surface area contributed by atoms with E-state index in [9.17, 15) is 4.79 Å². The third kappa shape index (κ3) is 3.06. The van der Waals surface area contributed by atoms with Crippen molar-refractivity contribution in [1.82, 2.24) is 4.98 Å². The van der Waals surface area contributed by atoms with Gasteiger partial charge in [0, 0.05) is 36.9 Å². The molecule has 0 aliphatic rings. The lowest BCUT2D eigenvalue weighted by molar-refractivity contribution is 0.100. The largest absolute Gasteiger partial charge is 0.399 e. The second-order valence-corrected chi connectivity index (χ2v) is 4.51. The minimum Gasteiger partial charge on any atom is -0.399 e. The number of amides is 1. The molecule has 0 fully saturated rings. The molecule has 0 saturated carbocycles. The highest BCUT2D eigenvalue weighted by Gasteiger charge is 2.14. The van der Waals surface area contributed by atoms with Crippen LogP contribution in [-0.4, -0.2) is 17.4 Å². The zero-order valence-corrected chi connectivity index (χ0v) is 11.4. The molecule has 2 aromatic rings. The minimum absolute atomic E-state index is 0.445. The third-order valence-corrected chi connectivity index (χ3v) is 3.13. The monoisotopic (exact) mass is 270 g/mol. The van der Waals surface area contributed by atoms with Crippen molar-refractivity contribution >= 4 is 17.3 Å². The smallest absolute Gasteiger partial charge is 0.250 e. The maximum Gasteiger partial charge on any atom is 0.250 e. The van der Waals surface area contributed by atoms with Crippen LogP contribution >= 0.6 is 0 Å². The quantitative estimate of drug-likeness (QED) is 0.811. The van der Waals surface area contributed by atoms with Crippen molar-refractivity contribution in [1.29, 1.82) is 0 Å². The molecule has 5 nitrogen and oxygen atoms in total. The van der Waals surface area contributed by atoms with E-state index in [1.807, 2.05) is 25.1 Å². The molecule has 5 heteroatoms. The number of anilines is 2. The average Bonchev–Trinajstić information content (AvgIpc) is 2.46. The molecule has 0 atom stereocenters. The number of nitrogen functional groups attached to an aromatic ring is 1. The van der Waals surface area contributed by atoms with Crippen molar-refractivity contribution in [2.24, 2.45) is 5.73 Å². The molecule has 0 aliphatic heterocycles. The van der Waals surface area contributed by atoms with E-state index >= 15 is 0 Å². The molecule has 0 unspecified atom stereocenters. The standard InChI is InChI=1S/C15H18N4O/c1-2-19(10-11-5-7-18-8-6-11)14-4-3-12(16)9-13(14)15(17)20/h3-9H,2,10,16H2,1H3,(H2,17,20). The van der Waals surface area contributed by atoms with E-state index in [2.05, 4.69) is 9.88 Å². The van der Waals surface area contributed by atoms with Gasteiger partial charge >= 0.3 is 0 Å². The van der Waals surface area contributed by atoms with Gasteiger partial charge < -0.3 is 16.4 Å². The number of benzene rings is 1. The molecule has 1 amide bonds. The van der Waals surface area contributed by atoms with Gasteiger partial charge in [-0.05, 0) is 42.8 Å². The van der Waals surface area contributed by atoms with E-state index in [0.717, 1.165) is 17.8 Å². The zero-order valence-electron chi connectivity index (χ0n) is 11.4. The highest BCUT2D eigenvalue weighted by atomic mass is 16.1. The SMILES string of the molecule is CCN(Cc1ccncc1)c1ccc(N)cc1C(N)=O. The van der Waals surface area contributed by atoms with Crippen LogP contribution < -0.4 is 16.4 Å². The van der Waals surface area contributed by atoms with E-state index in [1.54, 1.807) is 24.5 Å². The molecule has 1 aromatic carbocycles. The van der Waals surface area contributed by atoms with Gasteiger partial charge in [-0.15, -0.1) is 0 Å². The molecule has 0 bridgehead atoms. The first-order valence-corrected chi connectivity index (χ1v) is 6.45. The van der Waals surface area contributed by atoms with Gasteiger partial charge in [0.2, 0.25) is 0 Å². The summed E-state index contributed by atoms with van der Waals surface area (Å²) in [4.78, 5) is 17.7. The number of aromatic nitrogens is 1. The first-order valence-electron chi connectivity index (χ1n) is 6.45. The minimum atomic E-state index is -0.472. The highest BCUT2D eigenvalue weighted by Crippen LogP contribution is 2.24. The molecule has 0 saturated heterocycles. The first-order chi connectivity index (χ1) is 9.61. The Balaban J connectivity index is 2.34. The Kier molecular flexibility index (Phi) is 4.20. The number of nitrogens with two attached hydrogens (primary N) is 2. The number of nitrogens with zero attached hydrogens (tertiary/aromatic N) is 2. The van der Waals surface area contributed by atoms with Crippen molar-refractivity contribution in [2.45, 2.75) is 13.5 Å². The average molecular weight is 270 g/mol. The van der Waals surface area contributed by atoms with Crippen LogP contribution in [0.2, 0.25) is 0 Å². The lowest BCUT2D eigenvalue weighted by Gasteiger charge is -2.25. The summed E-state index contributed by atoms with van der Waals surface area (Å²) in [5.74, 6) is -0.472. The number of rotatable bonds is 5. The molecule has 0 aliphatic carbocycles. The van der Waals surface area contributed by atoms with Gasteiger partial charge in [0.15, 0.2) is 0 Å². The van der Waals surface area contributed by atoms with Crippen LogP contribution in [0, 0.1) is 0 Å². The Labute approximate surface area is 118 Å². The van der Waals surface area contributed by atoms with Gasteiger partial charge in [0.1, 0.15) is 0 Å². The Morgan fingerprint density at radius 3 is 2.55 bits per heavy atom. The van der Waals surface area contributed by atoms with E-state index in [-0.39, 0.29) is 0 Å². The van der Waals surface area contributed by atoms with Crippen molar-refractivity contribution in [3.8, 4) is 0 Å². The summed E-state index contributed by atoms with van der Waals surface area (Å²) in [6, 6.07) is 9.12. The van der Waals surface area contributed by atoms with Crippen LogP contribution in [0.25, 0.3) is 0 Å². The molecular formula is C15H18N4O. The predicted molar refractivity (Wildman–Crippen MR) is 80.3 cm³/mol. The molecule has 0 radical (unpaired) electrons. The Hall–Kier alpha value is -2.56. The maximum absolute atomic E-state index is 11.6. The molecule has 104 valence electrons. The van der Waals surface area contributed by atoms with Crippen LogP contribution in [0.4, 0.5) is 11.4 Å². The number of pyridine rings is 1. The summed E-state index contributed by atoms with van der Waals surface area (Å²) in [5, 5.41) is 0. The number of carbonyl (C=O) groups is 1. The van der Waals surface area contributed by atoms with Gasteiger partial charge in [-0.3, -0.25) is 9.78 Å². The van der Waals surface area contributed by atoms with Crippen LogP contribution in [0.5, 0.6) is 0 Å². The van der Waals surface area contributed by atoms with Crippen LogP contribution in [0.3, 0.4) is 0 Å². The van der Waals surface area contributed by atoms with Crippen molar-refractivity contribution in [3.63, 3.8) is 0 Å². The van der Waals surface area contributed by atoms with E-state index in [1.165, 1.54) is 0 Å². The normalized spacial score (nSPS) is 10.2. The Bertz CT molecular complexity index is 598. The molecule has 0 spiro atoms. The fourth-order valence-corrected chi connectivity index (χ4v) is 2.10. The molecular weight excluding hydrogens is 252 g/mol. The Morgan fingerprint density at radius 2 is 1.95 bits per heavy atom. The molecule has 4 N–H and O–H groups in total. The van der Waals surface area contributed by atoms with Gasteiger partial charge in [-0.1, -0.05) is 0 Å². The van der Waals surface area contributed by atoms with E-state index < -0.39 is 5.91 Å². The third-order valence-electron chi connectivity index (χ3n) is 3.13. The zero-order chi connectivity index (χ0) is 14.5. The summed E-state index contributed by atoms with van der Waals surface area (Å²) in [7, 11) is 0. The Morgan fingerprint density at radius 1 is 1.25 bits per heavy atom. The second kappa shape index (κ2) is 6.06. The summed E-state index contributed by atoms with van der Waals surface area (Å²) in [6.07, 6.45) is 3.50. The van der Waals surface area contributed by atoms with Gasteiger partial charge in [0.25, 0.3) is 5.91 Å². The summed E-state index contributed by atoms with van der Waals surface area (Å²) >= 11 is 0. The summed E-state index contributed by atoms with van der Waals surface area (Å²) in [6.45, 7) is 3.47. The number of carbonyl (C=O) groups excluding carboxylic acids is 1. The lowest BCUT2D eigenvalue weighted by Crippen LogP contribution is -2.26. The maximum atomic E-state index is 11.6. The highest BCUT2D eigenvalue weighted by molar-refractivity contribution is 5.99. The predicted octanol–water partition coefficient (Wildman–Crippen LogP) is 1.79.